The van der Waals surface area contributed by atoms with Crippen LogP contribution < -0.4 is 10.3 Å². The summed E-state index contributed by atoms with van der Waals surface area (Å²) in [5.74, 6) is 0.814. The molecule has 0 heterocycles. The molecule has 7 nitrogen and oxygen atoms in total. The molecule has 0 saturated heterocycles. The molecule has 2 aromatic carbocycles. The highest BCUT2D eigenvalue weighted by atomic mass is 32.2. The maximum absolute atomic E-state index is 12.1. The SMILES string of the molecule is CCN(CC)c1ccc([N+](=O)[O-])cc1/C=N\NC(=O)CSCc1cc(C)cc(C)c1. The first-order chi connectivity index (χ1) is 14.3. The Morgan fingerprint density at radius 2 is 1.83 bits per heavy atom. The number of aryl methyl sites for hydroxylation is 2. The normalized spacial score (nSPS) is 10.9. The van der Waals surface area contributed by atoms with Crippen LogP contribution >= 0.6 is 11.8 Å². The van der Waals surface area contributed by atoms with Crippen molar-refractivity contribution in [3.63, 3.8) is 0 Å². The van der Waals surface area contributed by atoms with E-state index in [1.807, 2.05) is 13.8 Å². The minimum absolute atomic E-state index is 0.0114. The Labute approximate surface area is 181 Å². The molecular weight excluding hydrogens is 400 g/mol. The second kappa shape index (κ2) is 11.3. The number of benzene rings is 2. The summed E-state index contributed by atoms with van der Waals surface area (Å²) in [5.41, 5.74) is 7.54. The molecule has 0 aliphatic carbocycles. The Morgan fingerprint density at radius 1 is 1.17 bits per heavy atom. The third-order valence-electron chi connectivity index (χ3n) is 4.50. The number of carbonyl (C=O) groups is 1. The van der Waals surface area contributed by atoms with E-state index in [4.69, 9.17) is 0 Å². The summed E-state index contributed by atoms with van der Waals surface area (Å²) >= 11 is 1.52. The van der Waals surface area contributed by atoms with Crippen molar-refractivity contribution in [2.75, 3.05) is 23.7 Å². The smallest absolute Gasteiger partial charge is 0.270 e. The highest BCUT2D eigenvalue weighted by Crippen LogP contribution is 2.24. The van der Waals surface area contributed by atoms with Gasteiger partial charge in [0.2, 0.25) is 5.91 Å². The van der Waals surface area contributed by atoms with Crippen LogP contribution in [-0.2, 0) is 10.5 Å². The number of rotatable bonds is 10. The number of amides is 1. The van der Waals surface area contributed by atoms with Gasteiger partial charge in [-0.2, -0.15) is 5.10 Å². The van der Waals surface area contributed by atoms with Crippen LogP contribution in [-0.4, -0.2) is 35.9 Å². The Bertz CT molecular complexity index is 906. The van der Waals surface area contributed by atoms with Gasteiger partial charge in [0.25, 0.3) is 5.69 Å². The number of hydrogen-bond acceptors (Lipinski definition) is 6. The van der Waals surface area contributed by atoms with E-state index < -0.39 is 4.92 Å². The van der Waals surface area contributed by atoms with Crippen molar-refractivity contribution in [2.24, 2.45) is 5.10 Å². The minimum atomic E-state index is -0.439. The van der Waals surface area contributed by atoms with E-state index in [0.717, 1.165) is 24.5 Å². The van der Waals surface area contributed by atoms with Gasteiger partial charge in [-0.3, -0.25) is 14.9 Å². The fourth-order valence-corrected chi connectivity index (χ4v) is 3.99. The van der Waals surface area contributed by atoms with Gasteiger partial charge in [-0.25, -0.2) is 5.43 Å². The van der Waals surface area contributed by atoms with Crippen molar-refractivity contribution in [2.45, 2.75) is 33.4 Å². The second-order valence-corrected chi connectivity index (χ2v) is 7.94. The molecule has 0 bridgehead atoms. The van der Waals surface area contributed by atoms with Gasteiger partial charge < -0.3 is 4.90 Å². The predicted molar refractivity (Wildman–Crippen MR) is 124 cm³/mol. The summed E-state index contributed by atoms with van der Waals surface area (Å²) in [6.45, 7) is 9.67. The first kappa shape index (κ1) is 23.4. The molecule has 0 aromatic heterocycles. The average Bonchev–Trinajstić information content (AvgIpc) is 2.69. The van der Waals surface area contributed by atoms with Crippen LogP contribution in [0.5, 0.6) is 0 Å². The molecule has 0 saturated carbocycles. The first-order valence-corrected chi connectivity index (χ1v) is 11.0. The zero-order valence-corrected chi connectivity index (χ0v) is 18.7. The van der Waals surface area contributed by atoms with E-state index >= 15 is 0 Å². The number of nitro groups is 1. The molecule has 0 radical (unpaired) electrons. The third-order valence-corrected chi connectivity index (χ3v) is 5.51. The van der Waals surface area contributed by atoms with E-state index in [1.165, 1.54) is 46.8 Å². The summed E-state index contributed by atoms with van der Waals surface area (Å²) in [5, 5.41) is 15.1. The minimum Gasteiger partial charge on any atom is -0.372 e. The highest BCUT2D eigenvalue weighted by Gasteiger charge is 2.13. The van der Waals surface area contributed by atoms with Crippen LogP contribution in [0.3, 0.4) is 0 Å². The van der Waals surface area contributed by atoms with E-state index in [9.17, 15) is 14.9 Å². The Kier molecular flexibility index (Phi) is 8.86. The molecule has 2 rings (SSSR count). The van der Waals surface area contributed by atoms with Crippen LogP contribution in [0.15, 0.2) is 41.5 Å². The molecule has 0 atom stereocenters. The lowest BCUT2D eigenvalue weighted by Crippen LogP contribution is -2.23. The molecule has 0 unspecified atom stereocenters. The van der Waals surface area contributed by atoms with Gasteiger partial charge in [0.05, 0.1) is 16.9 Å². The summed E-state index contributed by atoms with van der Waals surface area (Å²) in [7, 11) is 0. The third kappa shape index (κ3) is 6.88. The number of non-ortho nitro benzene ring substituents is 1. The largest absolute Gasteiger partial charge is 0.372 e. The molecule has 2 aromatic rings. The average molecular weight is 429 g/mol. The fraction of sp³-hybridized carbons (Fsp3) is 0.364. The lowest BCUT2D eigenvalue weighted by molar-refractivity contribution is -0.384. The number of nitro benzene ring substituents is 1. The van der Waals surface area contributed by atoms with Crippen molar-refractivity contribution >= 4 is 35.3 Å². The van der Waals surface area contributed by atoms with Crippen LogP contribution in [0.2, 0.25) is 0 Å². The van der Waals surface area contributed by atoms with Gasteiger partial charge >= 0.3 is 0 Å². The molecule has 0 spiro atoms. The molecular formula is C22H28N4O3S. The van der Waals surface area contributed by atoms with E-state index in [-0.39, 0.29) is 17.3 Å². The monoisotopic (exact) mass is 428 g/mol. The number of thioether (sulfide) groups is 1. The summed E-state index contributed by atoms with van der Waals surface area (Å²) in [4.78, 5) is 24.8. The van der Waals surface area contributed by atoms with Crippen LogP contribution in [0.25, 0.3) is 0 Å². The van der Waals surface area contributed by atoms with Gasteiger partial charge in [0.1, 0.15) is 0 Å². The molecule has 1 amide bonds. The first-order valence-electron chi connectivity index (χ1n) is 9.84. The Balaban J connectivity index is 1.98. The van der Waals surface area contributed by atoms with Crippen molar-refractivity contribution in [1.82, 2.24) is 5.43 Å². The lowest BCUT2D eigenvalue weighted by atomic mass is 10.1. The maximum Gasteiger partial charge on any atom is 0.270 e. The number of anilines is 1. The van der Waals surface area contributed by atoms with Crippen molar-refractivity contribution in [3.05, 3.63) is 68.8 Å². The Hall–Kier alpha value is -2.87. The standard InChI is InChI=1S/C22H28N4O3S/c1-5-25(6-2)21-8-7-20(26(28)29)12-19(21)13-23-24-22(27)15-30-14-18-10-16(3)9-17(4)11-18/h7-13H,5-6,14-15H2,1-4H3,(H,24,27)/b23-13-. The maximum atomic E-state index is 12.1. The van der Waals surface area contributed by atoms with E-state index in [2.05, 4.69) is 47.5 Å². The zero-order chi connectivity index (χ0) is 22.1. The number of hydrazone groups is 1. The fourth-order valence-electron chi connectivity index (χ4n) is 3.23. The predicted octanol–water partition coefficient (Wildman–Crippen LogP) is 4.44. The van der Waals surface area contributed by atoms with Crippen LogP contribution in [0.1, 0.15) is 36.1 Å². The van der Waals surface area contributed by atoms with E-state index in [1.54, 1.807) is 6.07 Å². The summed E-state index contributed by atoms with van der Waals surface area (Å²) in [6.07, 6.45) is 1.47. The van der Waals surface area contributed by atoms with Gasteiger partial charge in [-0.1, -0.05) is 29.3 Å². The topological polar surface area (TPSA) is 87.8 Å². The number of hydrogen-bond donors (Lipinski definition) is 1. The molecule has 0 aliphatic rings. The van der Waals surface area contributed by atoms with Crippen molar-refractivity contribution < 1.29 is 9.72 Å². The quantitative estimate of drug-likeness (QED) is 0.343. The van der Waals surface area contributed by atoms with E-state index in [0.29, 0.717) is 5.56 Å². The van der Waals surface area contributed by atoms with Crippen molar-refractivity contribution in [1.29, 1.82) is 0 Å². The lowest BCUT2D eigenvalue weighted by Gasteiger charge is -2.22. The Morgan fingerprint density at radius 3 is 2.43 bits per heavy atom. The molecule has 30 heavy (non-hydrogen) atoms. The summed E-state index contributed by atoms with van der Waals surface area (Å²) < 4.78 is 0. The van der Waals surface area contributed by atoms with Crippen LogP contribution in [0.4, 0.5) is 11.4 Å². The molecule has 8 heteroatoms. The molecule has 0 aliphatic heterocycles. The van der Waals surface area contributed by atoms with Crippen LogP contribution in [0, 0.1) is 24.0 Å². The number of carbonyl (C=O) groups excluding carboxylic acids is 1. The molecule has 160 valence electrons. The van der Waals surface area contributed by atoms with Crippen molar-refractivity contribution in [3.8, 4) is 0 Å². The molecule has 0 fully saturated rings. The van der Waals surface area contributed by atoms with Gasteiger partial charge in [0.15, 0.2) is 0 Å². The number of nitrogens with one attached hydrogen (secondary N) is 1. The van der Waals surface area contributed by atoms with Gasteiger partial charge in [0, 0.05) is 42.2 Å². The van der Waals surface area contributed by atoms with Gasteiger partial charge in [-0.15, -0.1) is 11.8 Å². The highest BCUT2D eigenvalue weighted by molar-refractivity contribution is 7.99. The van der Waals surface area contributed by atoms with Gasteiger partial charge in [-0.05, 0) is 39.3 Å². The second-order valence-electron chi connectivity index (χ2n) is 6.95. The molecule has 1 N–H and O–H groups in total. The zero-order valence-electron chi connectivity index (χ0n) is 17.8. The summed E-state index contributed by atoms with van der Waals surface area (Å²) in [6, 6.07) is 11.0. The number of nitrogens with zero attached hydrogens (tertiary/aromatic N) is 3.